The van der Waals surface area contributed by atoms with Crippen molar-refractivity contribution in [2.45, 2.75) is 0 Å². The van der Waals surface area contributed by atoms with E-state index in [-0.39, 0.29) is 5.57 Å². The Morgan fingerprint density at radius 3 is 1.46 bits per heavy atom. The topological polar surface area (TPSA) is 66.4 Å². The molecule has 0 spiro atoms. The molecule has 0 aliphatic carbocycles. The van der Waals surface area contributed by atoms with Gasteiger partial charge in [0, 0.05) is 50.7 Å². The molecule has 2 aromatic carbocycles. The number of anilines is 2. The number of rotatable bonds is 5. The fourth-order valence-electron chi connectivity index (χ4n) is 2.36. The second kappa shape index (κ2) is 8.50. The first-order valence-electron chi connectivity index (χ1n) is 8.10. The Balaban J connectivity index is 2.52. The maximum Gasteiger partial charge on any atom is 0.147 e. The molecular formula is C21H21N5. The van der Waals surface area contributed by atoms with E-state index in [9.17, 15) is 0 Å². The Bertz CT molecular complexity index is 820. The van der Waals surface area contributed by atoms with E-state index in [4.69, 9.17) is 10.5 Å². The minimum absolute atomic E-state index is 0.0303. The molecule has 0 atom stereocenters. The maximum absolute atomic E-state index is 8.95. The lowest BCUT2D eigenvalue weighted by Gasteiger charge is -2.15. The summed E-state index contributed by atoms with van der Waals surface area (Å²) in [5, 5.41) is 17.9. The van der Waals surface area contributed by atoms with Crippen LogP contribution < -0.4 is 9.80 Å². The third kappa shape index (κ3) is 4.49. The highest BCUT2D eigenvalue weighted by atomic mass is 15.1. The van der Waals surface area contributed by atoms with Gasteiger partial charge in [-0.25, -0.2) is 0 Å². The second-order valence-corrected chi connectivity index (χ2v) is 6.13. The predicted molar refractivity (Wildman–Crippen MR) is 106 cm³/mol. The predicted octanol–water partition coefficient (Wildman–Crippen LogP) is 3.59. The summed E-state index contributed by atoms with van der Waals surface area (Å²) in [6.07, 6.45) is 1.31. The molecule has 26 heavy (non-hydrogen) atoms. The molecule has 0 amide bonds. The van der Waals surface area contributed by atoms with Crippen molar-refractivity contribution >= 4 is 17.1 Å². The summed E-state index contributed by atoms with van der Waals surface area (Å²) in [7, 11) is 7.94. The Labute approximate surface area is 154 Å². The molecule has 2 rings (SSSR count). The van der Waals surface area contributed by atoms with Gasteiger partial charge in [0.25, 0.3) is 0 Å². The number of allylic oxidation sites excluding steroid dienone is 1. The molecule has 5 nitrogen and oxygen atoms in total. The van der Waals surface area contributed by atoms with Crippen LogP contribution in [0.1, 0.15) is 11.1 Å². The third-order valence-electron chi connectivity index (χ3n) is 3.88. The summed E-state index contributed by atoms with van der Waals surface area (Å²) in [5.41, 5.74) is 4.68. The smallest absolute Gasteiger partial charge is 0.147 e. The summed E-state index contributed by atoms with van der Waals surface area (Å²) in [6, 6.07) is 19.7. The van der Waals surface area contributed by atoms with Crippen molar-refractivity contribution in [1.82, 2.24) is 0 Å². The first-order chi connectivity index (χ1) is 12.5. The van der Waals surface area contributed by atoms with Gasteiger partial charge in [-0.05, 0) is 24.3 Å². The molecule has 0 aliphatic heterocycles. The zero-order chi connectivity index (χ0) is 19.1. The molecule has 0 fully saturated rings. The van der Waals surface area contributed by atoms with E-state index in [0.717, 1.165) is 22.5 Å². The monoisotopic (exact) mass is 343 g/mol. The van der Waals surface area contributed by atoms with E-state index in [1.165, 1.54) is 6.20 Å². The molecule has 0 saturated heterocycles. The molecule has 0 N–H and O–H groups in total. The maximum atomic E-state index is 8.95. The number of aliphatic imine (C=N–C) groups is 1. The normalized spacial score (nSPS) is 9.46. The van der Waals surface area contributed by atoms with Crippen LogP contribution in [0.3, 0.4) is 0 Å². The van der Waals surface area contributed by atoms with Crippen LogP contribution in [0.4, 0.5) is 11.4 Å². The molecular weight excluding hydrogens is 322 g/mol. The molecule has 2 aromatic rings. The highest BCUT2D eigenvalue weighted by molar-refractivity contribution is 6.13. The highest BCUT2D eigenvalue weighted by Gasteiger charge is 2.08. The highest BCUT2D eigenvalue weighted by Crippen LogP contribution is 2.19. The van der Waals surface area contributed by atoms with Gasteiger partial charge in [0.1, 0.15) is 17.7 Å². The van der Waals surface area contributed by atoms with Gasteiger partial charge in [-0.2, -0.15) is 10.5 Å². The van der Waals surface area contributed by atoms with Gasteiger partial charge in [-0.3, -0.25) is 4.99 Å². The van der Waals surface area contributed by atoms with Crippen molar-refractivity contribution < 1.29 is 0 Å². The lowest BCUT2D eigenvalue weighted by atomic mass is 10.0. The van der Waals surface area contributed by atoms with Crippen molar-refractivity contribution in [3.8, 4) is 12.1 Å². The fourth-order valence-corrected chi connectivity index (χ4v) is 2.36. The molecule has 0 heterocycles. The minimum atomic E-state index is -0.0303. The van der Waals surface area contributed by atoms with Crippen LogP contribution in [0.2, 0.25) is 0 Å². The van der Waals surface area contributed by atoms with Gasteiger partial charge < -0.3 is 9.80 Å². The number of nitrogens with zero attached hydrogens (tertiary/aromatic N) is 5. The quantitative estimate of drug-likeness (QED) is 0.615. The summed E-state index contributed by atoms with van der Waals surface area (Å²) in [4.78, 5) is 8.48. The lowest BCUT2D eigenvalue weighted by Crippen LogP contribution is -2.10. The third-order valence-corrected chi connectivity index (χ3v) is 3.88. The van der Waals surface area contributed by atoms with Crippen LogP contribution in [0, 0.1) is 22.7 Å². The molecule has 0 unspecified atom stereocenters. The summed E-state index contributed by atoms with van der Waals surface area (Å²) in [5.74, 6) is 0. The Morgan fingerprint density at radius 2 is 1.15 bits per heavy atom. The minimum Gasteiger partial charge on any atom is -0.378 e. The van der Waals surface area contributed by atoms with Crippen LogP contribution in [-0.4, -0.2) is 33.9 Å². The summed E-state index contributed by atoms with van der Waals surface area (Å²) in [6.45, 7) is 0. The molecule has 5 heteroatoms. The summed E-state index contributed by atoms with van der Waals surface area (Å²) < 4.78 is 0. The van der Waals surface area contributed by atoms with E-state index in [1.54, 1.807) is 0 Å². The molecule has 0 bridgehead atoms. The number of hydrogen-bond acceptors (Lipinski definition) is 5. The van der Waals surface area contributed by atoms with Crippen LogP contribution in [0.5, 0.6) is 0 Å². The molecule has 0 radical (unpaired) electrons. The largest absolute Gasteiger partial charge is 0.378 e. The zero-order valence-corrected chi connectivity index (χ0v) is 15.4. The molecule has 130 valence electrons. The van der Waals surface area contributed by atoms with Gasteiger partial charge in [-0.1, -0.05) is 24.3 Å². The van der Waals surface area contributed by atoms with Gasteiger partial charge >= 0.3 is 0 Å². The van der Waals surface area contributed by atoms with E-state index < -0.39 is 0 Å². The first-order valence-corrected chi connectivity index (χ1v) is 8.10. The number of benzene rings is 2. The Kier molecular flexibility index (Phi) is 6.14. The van der Waals surface area contributed by atoms with Gasteiger partial charge in [0.05, 0.1) is 11.9 Å². The summed E-state index contributed by atoms with van der Waals surface area (Å²) >= 11 is 0. The van der Waals surface area contributed by atoms with Gasteiger partial charge in [0.15, 0.2) is 0 Å². The Hall–Kier alpha value is -3.57. The van der Waals surface area contributed by atoms with Crippen LogP contribution in [0.25, 0.3) is 0 Å². The van der Waals surface area contributed by atoms with Crippen LogP contribution >= 0.6 is 0 Å². The fraction of sp³-hybridized carbons (Fsp3) is 0.190. The van der Waals surface area contributed by atoms with Crippen LogP contribution in [0.15, 0.2) is 65.3 Å². The van der Waals surface area contributed by atoms with Crippen LogP contribution in [-0.2, 0) is 0 Å². The van der Waals surface area contributed by atoms with Crippen molar-refractivity contribution in [1.29, 1.82) is 10.5 Å². The molecule has 0 saturated carbocycles. The first kappa shape index (κ1) is 18.8. The second-order valence-electron chi connectivity index (χ2n) is 6.13. The average Bonchev–Trinajstić information content (AvgIpc) is 2.66. The average molecular weight is 343 g/mol. The van der Waals surface area contributed by atoms with Crippen molar-refractivity contribution in [3.63, 3.8) is 0 Å². The standard InChI is InChI=1S/C21H21N5/c1-25(2)19-9-5-17(6-10-19)21(24-15-16(13-22)14-23)18-7-11-20(12-8-18)26(3)4/h5-12,15H,1-4H3. The van der Waals surface area contributed by atoms with Crippen molar-refractivity contribution in [3.05, 3.63) is 71.4 Å². The zero-order valence-electron chi connectivity index (χ0n) is 15.4. The van der Waals surface area contributed by atoms with E-state index >= 15 is 0 Å². The SMILES string of the molecule is CN(C)c1ccc(C(=NC=C(C#N)C#N)c2ccc(N(C)C)cc2)cc1. The lowest BCUT2D eigenvalue weighted by molar-refractivity contribution is 1.13. The Morgan fingerprint density at radius 1 is 0.769 bits per heavy atom. The molecule has 0 aromatic heterocycles. The van der Waals surface area contributed by atoms with Crippen molar-refractivity contribution in [2.75, 3.05) is 38.0 Å². The number of nitriles is 2. The van der Waals surface area contributed by atoms with Gasteiger partial charge in [0.2, 0.25) is 0 Å². The van der Waals surface area contributed by atoms with Gasteiger partial charge in [-0.15, -0.1) is 0 Å². The number of hydrogen-bond donors (Lipinski definition) is 0. The van der Waals surface area contributed by atoms with E-state index in [0.29, 0.717) is 5.71 Å². The van der Waals surface area contributed by atoms with E-state index in [1.807, 2.05) is 98.7 Å². The molecule has 0 aliphatic rings. The van der Waals surface area contributed by atoms with E-state index in [2.05, 4.69) is 4.99 Å². The van der Waals surface area contributed by atoms with Crippen molar-refractivity contribution in [2.24, 2.45) is 4.99 Å².